The lowest BCUT2D eigenvalue weighted by Crippen LogP contribution is -2.12. The number of carbonyl (C=O) groups excluding carboxylic acids is 1. The van der Waals surface area contributed by atoms with Crippen LogP contribution < -0.4 is 9.47 Å². The summed E-state index contributed by atoms with van der Waals surface area (Å²) in [6, 6.07) is 15.0. The van der Waals surface area contributed by atoms with Crippen molar-refractivity contribution in [3.05, 3.63) is 59.7 Å². The third kappa shape index (κ3) is 4.67. The molecule has 0 aliphatic heterocycles. The molecule has 25 heavy (non-hydrogen) atoms. The van der Waals surface area contributed by atoms with E-state index in [-0.39, 0.29) is 11.2 Å². The number of hydrogen-bond acceptors (Lipinski definition) is 4. The number of benzene rings is 2. The smallest absolute Gasteiger partial charge is 0.249 e. The first-order valence-corrected chi connectivity index (χ1v) is 9.70. The number of methoxy groups -OCH3 is 2. The van der Waals surface area contributed by atoms with E-state index in [1.807, 2.05) is 37.3 Å². The minimum atomic E-state index is -2.10. The molecule has 2 rings (SSSR count). The third-order valence-electron chi connectivity index (χ3n) is 4.11. The monoisotopic (exact) mass is 359 g/mol. The van der Waals surface area contributed by atoms with Gasteiger partial charge in [0.2, 0.25) is 5.52 Å². The van der Waals surface area contributed by atoms with Crippen molar-refractivity contribution in [3.63, 3.8) is 0 Å². The van der Waals surface area contributed by atoms with E-state index in [0.29, 0.717) is 17.9 Å². The highest BCUT2D eigenvalue weighted by molar-refractivity contribution is 7.65. The van der Waals surface area contributed by atoms with Gasteiger partial charge in [-0.2, -0.15) is 0 Å². The molecule has 0 saturated heterocycles. The van der Waals surface area contributed by atoms with Gasteiger partial charge in [-0.3, -0.25) is 9.36 Å². The normalized spacial score (nSPS) is 12.4. The Labute approximate surface area is 150 Å². The quantitative estimate of drug-likeness (QED) is 0.586. The van der Waals surface area contributed by atoms with Crippen LogP contribution in [0, 0.1) is 0 Å². The fourth-order valence-corrected chi connectivity index (χ4v) is 4.50. The molecule has 0 aromatic heterocycles. The molecule has 0 aliphatic rings. The van der Waals surface area contributed by atoms with Crippen molar-refractivity contribution in [3.8, 4) is 11.5 Å². The number of carbonyl (C=O) groups is 1. The highest BCUT2D eigenvalue weighted by Gasteiger charge is 2.29. The van der Waals surface area contributed by atoms with Crippen molar-refractivity contribution < 1.29 is 18.8 Å². The maximum absolute atomic E-state index is 13.1. The molecule has 133 valence electrons. The SMILES string of the molecule is CCCC(Cc1ccccc1)[P](=O)C(=O)c1c(OC)cccc1OC. The summed E-state index contributed by atoms with van der Waals surface area (Å²) in [5, 5.41) is 0. The Hall–Kier alpha value is -2.19. The van der Waals surface area contributed by atoms with Crippen LogP contribution in [0.1, 0.15) is 35.7 Å². The Morgan fingerprint density at radius 1 is 1.00 bits per heavy atom. The van der Waals surface area contributed by atoms with E-state index in [9.17, 15) is 9.36 Å². The molecule has 0 fully saturated rings. The van der Waals surface area contributed by atoms with Gasteiger partial charge in [-0.15, -0.1) is 0 Å². The van der Waals surface area contributed by atoms with Crippen LogP contribution in [0.4, 0.5) is 0 Å². The molecule has 0 amide bonds. The predicted octanol–water partition coefficient (Wildman–Crippen LogP) is 5.08. The molecule has 4 nitrogen and oxygen atoms in total. The maximum atomic E-state index is 13.1. The van der Waals surface area contributed by atoms with Gasteiger partial charge < -0.3 is 9.47 Å². The van der Waals surface area contributed by atoms with Crippen LogP contribution in [0.25, 0.3) is 0 Å². The zero-order valence-electron chi connectivity index (χ0n) is 14.9. The summed E-state index contributed by atoms with van der Waals surface area (Å²) < 4.78 is 23.6. The van der Waals surface area contributed by atoms with E-state index >= 15 is 0 Å². The molecule has 0 bridgehead atoms. The van der Waals surface area contributed by atoms with E-state index in [1.54, 1.807) is 18.2 Å². The Kier molecular flexibility index (Phi) is 7.15. The average Bonchev–Trinajstić information content (AvgIpc) is 2.66. The molecule has 2 atom stereocenters. The van der Waals surface area contributed by atoms with E-state index in [0.717, 1.165) is 18.4 Å². The average molecular weight is 359 g/mol. The van der Waals surface area contributed by atoms with Gasteiger partial charge in [-0.1, -0.05) is 49.7 Å². The Bertz CT molecular complexity index is 705. The second-order valence-corrected chi connectivity index (χ2v) is 7.59. The zero-order chi connectivity index (χ0) is 18.2. The van der Waals surface area contributed by atoms with Crippen LogP contribution in [0.2, 0.25) is 0 Å². The summed E-state index contributed by atoms with van der Waals surface area (Å²) in [5.41, 5.74) is 0.745. The Morgan fingerprint density at radius 2 is 1.60 bits per heavy atom. The van der Waals surface area contributed by atoms with Crippen LogP contribution in [0.15, 0.2) is 48.5 Å². The van der Waals surface area contributed by atoms with Gasteiger partial charge in [0.25, 0.3) is 0 Å². The third-order valence-corrected chi connectivity index (χ3v) is 5.84. The first-order valence-electron chi connectivity index (χ1n) is 8.38. The van der Waals surface area contributed by atoms with Crippen LogP contribution in [-0.2, 0) is 11.0 Å². The minimum Gasteiger partial charge on any atom is -0.496 e. The van der Waals surface area contributed by atoms with E-state index < -0.39 is 13.3 Å². The van der Waals surface area contributed by atoms with Crippen LogP contribution in [-0.4, -0.2) is 25.4 Å². The van der Waals surface area contributed by atoms with Gasteiger partial charge in [0.15, 0.2) is 0 Å². The summed E-state index contributed by atoms with van der Waals surface area (Å²) in [6.07, 6.45) is 2.22. The molecule has 0 saturated carbocycles. The molecule has 2 unspecified atom stereocenters. The predicted molar refractivity (Wildman–Crippen MR) is 100 cm³/mol. The van der Waals surface area contributed by atoms with Crippen molar-refractivity contribution in [2.45, 2.75) is 31.8 Å². The summed E-state index contributed by atoms with van der Waals surface area (Å²) in [6.45, 7) is 2.04. The molecule has 1 radical (unpaired) electrons. The molecule has 0 aliphatic carbocycles. The number of ether oxygens (including phenoxy) is 2. The molecule has 5 heteroatoms. The number of rotatable bonds is 9. The fourth-order valence-electron chi connectivity index (χ4n) is 2.86. The summed E-state index contributed by atoms with van der Waals surface area (Å²) in [5.74, 6) is 0.783. The van der Waals surface area contributed by atoms with E-state index in [1.165, 1.54) is 14.2 Å². The molecule has 2 aromatic rings. The highest BCUT2D eigenvalue weighted by Crippen LogP contribution is 2.42. The van der Waals surface area contributed by atoms with Crippen molar-refractivity contribution >= 4 is 13.3 Å². The van der Waals surface area contributed by atoms with Gasteiger partial charge in [-0.05, 0) is 30.5 Å². The van der Waals surface area contributed by atoms with Gasteiger partial charge in [0, 0.05) is 5.66 Å². The van der Waals surface area contributed by atoms with Gasteiger partial charge >= 0.3 is 0 Å². The van der Waals surface area contributed by atoms with E-state index in [4.69, 9.17) is 9.47 Å². The second-order valence-electron chi connectivity index (χ2n) is 5.80. The lowest BCUT2D eigenvalue weighted by atomic mass is 10.1. The van der Waals surface area contributed by atoms with Crippen LogP contribution >= 0.6 is 7.80 Å². The Morgan fingerprint density at radius 3 is 2.12 bits per heavy atom. The lowest BCUT2D eigenvalue weighted by Gasteiger charge is -2.17. The Balaban J connectivity index is 2.31. The topological polar surface area (TPSA) is 52.6 Å². The van der Waals surface area contributed by atoms with Crippen molar-refractivity contribution in [1.82, 2.24) is 0 Å². The van der Waals surface area contributed by atoms with Gasteiger partial charge in [-0.25, -0.2) is 0 Å². The zero-order valence-corrected chi connectivity index (χ0v) is 15.8. The molecule has 0 N–H and O–H groups in total. The van der Waals surface area contributed by atoms with Crippen molar-refractivity contribution in [2.24, 2.45) is 0 Å². The fraction of sp³-hybridized carbons (Fsp3) is 0.350. The minimum absolute atomic E-state index is 0.204. The lowest BCUT2D eigenvalue weighted by molar-refractivity contribution is 0.107. The largest absolute Gasteiger partial charge is 0.496 e. The van der Waals surface area contributed by atoms with E-state index in [2.05, 4.69) is 0 Å². The molecule has 2 aromatic carbocycles. The second kappa shape index (κ2) is 9.33. The standard InChI is InChI=1S/C20H24O4P/c1-4-9-16(14-15-10-6-5-7-11-15)25(22)20(21)19-17(23-2)12-8-13-18(19)24-3/h5-8,10-13,16H,4,9,14H2,1-3H3. The molecule has 0 spiro atoms. The summed E-state index contributed by atoms with van der Waals surface area (Å²) in [4.78, 5) is 13.0. The summed E-state index contributed by atoms with van der Waals surface area (Å²) in [7, 11) is 0.881. The molecular formula is C20H24O4P. The molecular weight excluding hydrogens is 335 g/mol. The van der Waals surface area contributed by atoms with Crippen LogP contribution in [0.5, 0.6) is 11.5 Å². The summed E-state index contributed by atoms with van der Waals surface area (Å²) >= 11 is 0. The highest BCUT2D eigenvalue weighted by atomic mass is 31.1. The number of hydrogen-bond donors (Lipinski definition) is 0. The van der Waals surface area contributed by atoms with Gasteiger partial charge in [0.05, 0.1) is 14.2 Å². The first kappa shape index (κ1) is 19.1. The maximum Gasteiger partial charge on any atom is 0.249 e. The van der Waals surface area contributed by atoms with Gasteiger partial charge in [0.1, 0.15) is 24.9 Å². The van der Waals surface area contributed by atoms with Crippen molar-refractivity contribution in [2.75, 3.05) is 14.2 Å². The van der Waals surface area contributed by atoms with Crippen molar-refractivity contribution in [1.29, 1.82) is 0 Å². The van der Waals surface area contributed by atoms with Crippen LogP contribution in [0.3, 0.4) is 0 Å². The first-order chi connectivity index (χ1) is 12.1. The molecule has 0 heterocycles.